The van der Waals surface area contributed by atoms with Crippen molar-refractivity contribution in [1.82, 2.24) is 10.6 Å². The smallest absolute Gasteiger partial charge is 0.237 e. The molecule has 1 aliphatic heterocycles. The lowest BCUT2D eigenvalue weighted by Crippen LogP contribution is -2.41. The molecule has 0 saturated carbocycles. The third kappa shape index (κ3) is 5.01. The van der Waals surface area contributed by atoms with E-state index in [2.05, 4.69) is 16.0 Å². The van der Waals surface area contributed by atoms with Crippen LogP contribution in [0.15, 0.2) is 24.3 Å². The fourth-order valence-electron chi connectivity index (χ4n) is 2.25. The number of ether oxygens (including phenoxy) is 1. The van der Waals surface area contributed by atoms with E-state index in [0.29, 0.717) is 37.6 Å². The number of rotatable bonds is 6. The number of hydrogen-bond acceptors (Lipinski definition) is 5. The van der Waals surface area contributed by atoms with Gasteiger partial charge in [-0.25, -0.2) is 0 Å². The first-order valence-electron chi connectivity index (χ1n) is 7.24. The minimum absolute atomic E-state index is 0.132. The molecule has 4 N–H and O–H groups in total. The van der Waals surface area contributed by atoms with E-state index in [1.165, 1.54) is 6.92 Å². The maximum absolute atomic E-state index is 11.8. The van der Waals surface area contributed by atoms with Crippen molar-refractivity contribution in [2.45, 2.75) is 25.5 Å². The van der Waals surface area contributed by atoms with Crippen molar-refractivity contribution in [3.8, 4) is 5.75 Å². The molecule has 1 aromatic carbocycles. The van der Waals surface area contributed by atoms with E-state index in [-0.39, 0.29) is 17.9 Å². The molecule has 120 valence electrons. The Morgan fingerprint density at radius 2 is 2.27 bits per heavy atom. The molecule has 1 fully saturated rings. The Morgan fingerprint density at radius 3 is 2.95 bits per heavy atom. The van der Waals surface area contributed by atoms with Crippen LogP contribution in [-0.4, -0.2) is 48.8 Å². The van der Waals surface area contributed by atoms with Crippen molar-refractivity contribution in [3.05, 3.63) is 24.3 Å². The van der Waals surface area contributed by atoms with Crippen LogP contribution < -0.4 is 20.7 Å². The van der Waals surface area contributed by atoms with Gasteiger partial charge in [0.2, 0.25) is 11.8 Å². The van der Waals surface area contributed by atoms with Crippen molar-refractivity contribution >= 4 is 17.5 Å². The molecule has 2 rings (SSSR count). The van der Waals surface area contributed by atoms with Crippen molar-refractivity contribution in [3.63, 3.8) is 0 Å². The first kappa shape index (κ1) is 16.3. The fourth-order valence-corrected chi connectivity index (χ4v) is 2.25. The average molecular weight is 307 g/mol. The highest BCUT2D eigenvalue weighted by Crippen LogP contribution is 2.17. The number of carbonyl (C=O) groups is 2. The summed E-state index contributed by atoms with van der Waals surface area (Å²) in [6.07, 6.45) is -0.0191. The Balaban J connectivity index is 1.70. The molecule has 7 nitrogen and oxygen atoms in total. The van der Waals surface area contributed by atoms with Gasteiger partial charge in [-0.05, 0) is 18.6 Å². The molecule has 1 aliphatic rings. The maximum Gasteiger partial charge on any atom is 0.237 e. The third-order valence-electron chi connectivity index (χ3n) is 3.25. The summed E-state index contributed by atoms with van der Waals surface area (Å²) in [7, 11) is 0. The number of aliphatic hydroxyl groups excluding tert-OH is 1. The Bertz CT molecular complexity index is 535. The maximum atomic E-state index is 11.8. The molecule has 0 radical (unpaired) electrons. The lowest BCUT2D eigenvalue weighted by Gasteiger charge is -2.12. The molecule has 2 atom stereocenters. The van der Waals surface area contributed by atoms with E-state index in [4.69, 9.17) is 4.74 Å². The van der Waals surface area contributed by atoms with E-state index in [9.17, 15) is 14.7 Å². The highest BCUT2D eigenvalue weighted by atomic mass is 16.5. The van der Waals surface area contributed by atoms with Crippen LogP contribution in [0.2, 0.25) is 0 Å². The highest BCUT2D eigenvalue weighted by molar-refractivity contribution is 5.88. The average Bonchev–Trinajstić information content (AvgIpc) is 2.90. The molecule has 1 heterocycles. The summed E-state index contributed by atoms with van der Waals surface area (Å²) in [6.45, 7) is 2.59. The first-order valence-corrected chi connectivity index (χ1v) is 7.24. The van der Waals surface area contributed by atoms with Crippen LogP contribution in [0.5, 0.6) is 5.75 Å². The van der Waals surface area contributed by atoms with Gasteiger partial charge < -0.3 is 25.8 Å². The SMILES string of the molecule is CC(=O)Nc1cccc(OCCNC(=O)C2CC(O)CN2)c1. The first-order chi connectivity index (χ1) is 10.5. The normalized spacial score (nSPS) is 20.5. The van der Waals surface area contributed by atoms with E-state index in [0.717, 1.165) is 0 Å². The molecular formula is C15H21N3O4. The van der Waals surface area contributed by atoms with Gasteiger partial charge in [-0.1, -0.05) is 6.07 Å². The van der Waals surface area contributed by atoms with E-state index < -0.39 is 6.10 Å². The molecule has 22 heavy (non-hydrogen) atoms. The minimum atomic E-state index is -0.455. The zero-order valence-electron chi connectivity index (χ0n) is 12.5. The molecule has 0 bridgehead atoms. The second-order valence-electron chi connectivity index (χ2n) is 5.20. The van der Waals surface area contributed by atoms with Crippen molar-refractivity contribution in [1.29, 1.82) is 0 Å². The van der Waals surface area contributed by atoms with Gasteiger partial charge in [0.1, 0.15) is 12.4 Å². The number of benzene rings is 1. The molecule has 2 unspecified atom stereocenters. The predicted molar refractivity (Wildman–Crippen MR) is 81.7 cm³/mol. The largest absolute Gasteiger partial charge is 0.492 e. The van der Waals surface area contributed by atoms with Crippen LogP contribution in [0.4, 0.5) is 5.69 Å². The Morgan fingerprint density at radius 1 is 1.45 bits per heavy atom. The van der Waals surface area contributed by atoms with Gasteiger partial charge in [-0.2, -0.15) is 0 Å². The topological polar surface area (TPSA) is 99.7 Å². The minimum Gasteiger partial charge on any atom is -0.492 e. The molecule has 1 saturated heterocycles. The summed E-state index contributed by atoms with van der Waals surface area (Å²) in [6, 6.07) is 6.72. The number of carbonyl (C=O) groups excluding carboxylic acids is 2. The lowest BCUT2D eigenvalue weighted by molar-refractivity contribution is -0.123. The molecule has 7 heteroatoms. The second-order valence-corrected chi connectivity index (χ2v) is 5.20. The zero-order chi connectivity index (χ0) is 15.9. The van der Waals surface area contributed by atoms with Crippen LogP contribution in [0.3, 0.4) is 0 Å². The Kier molecular flexibility index (Phi) is 5.74. The van der Waals surface area contributed by atoms with Gasteiger partial charge in [0, 0.05) is 25.2 Å². The van der Waals surface area contributed by atoms with Crippen molar-refractivity contribution in [2.75, 3.05) is 25.0 Å². The second kappa shape index (κ2) is 7.77. The zero-order valence-corrected chi connectivity index (χ0v) is 12.5. The van der Waals surface area contributed by atoms with Crippen LogP contribution in [0.25, 0.3) is 0 Å². The summed E-state index contributed by atoms with van der Waals surface area (Å²) >= 11 is 0. The van der Waals surface area contributed by atoms with Crippen molar-refractivity contribution < 1.29 is 19.4 Å². The van der Waals surface area contributed by atoms with Crippen LogP contribution in [0, 0.1) is 0 Å². The lowest BCUT2D eigenvalue weighted by atomic mass is 10.2. The number of hydrogen-bond donors (Lipinski definition) is 4. The number of amides is 2. The highest BCUT2D eigenvalue weighted by Gasteiger charge is 2.27. The quantitative estimate of drug-likeness (QED) is 0.548. The molecule has 0 aliphatic carbocycles. The van der Waals surface area contributed by atoms with Crippen LogP contribution >= 0.6 is 0 Å². The fraction of sp³-hybridized carbons (Fsp3) is 0.467. The van der Waals surface area contributed by atoms with Gasteiger partial charge in [-0.3, -0.25) is 9.59 Å². The van der Waals surface area contributed by atoms with Gasteiger partial charge in [0.25, 0.3) is 0 Å². The van der Waals surface area contributed by atoms with Crippen molar-refractivity contribution in [2.24, 2.45) is 0 Å². The Labute approximate surface area is 129 Å². The van der Waals surface area contributed by atoms with E-state index in [1.807, 2.05) is 0 Å². The molecule has 0 aromatic heterocycles. The van der Waals surface area contributed by atoms with Gasteiger partial charge in [-0.15, -0.1) is 0 Å². The summed E-state index contributed by atoms with van der Waals surface area (Å²) in [5, 5.41) is 17.7. The summed E-state index contributed by atoms with van der Waals surface area (Å²) < 4.78 is 5.53. The molecular weight excluding hydrogens is 286 g/mol. The number of anilines is 1. The van der Waals surface area contributed by atoms with Gasteiger partial charge >= 0.3 is 0 Å². The van der Waals surface area contributed by atoms with Gasteiger partial charge in [0.15, 0.2) is 0 Å². The van der Waals surface area contributed by atoms with Gasteiger partial charge in [0.05, 0.1) is 18.7 Å². The Hall–Kier alpha value is -2.12. The monoisotopic (exact) mass is 307 g/mol. The van der Waals surface area contributed by atoms with E-state index in [1.54, 1.807) is 24.3 Å². The summed E-state index contributed by atoms with van der Waals surface area (Å²) in [5.74, 6) is 0.345. The number of nitrogens with one attached hydrogen (secondary N) is 3. The van der Waals surface area contributed by atoms with E-state index >= 15 is 0 Å². The molecule has 1 aromatic rings. The number of β-amino-alcohol motifs (C(OH)–C–C–N with tert-alkyl or cyclic N) is 1. The summed E-state index contributed by atoms with van der Waals surface area (Å²) in [5.41, 5.74) is 0.665. The van der Waals surface area contributed by atoms with Crippen LogP contribution in [-0.2, 0) is 9.59 Å². The summed E-state index contributed by atoms with van der Waals surface area (Å²) in [4.78, 5) is 22.8. The third-order valence-corrected chi connectivity index (χ3v) is 3.25. The molecule has 0 spiro atoms. The molecule has 2 amide bonds. The number of aliphatic hydroxyl groups is 1. The van der Waals surface area contributed by atoms with Crippen LogP contribution in [0.1, 0.15) is 13.3 Å². The predicted octanol–water partition coefficient (Wildman–Crippen LogP) is -0.137. The standard InChI is InChI=1S/C15H21N3O4/c1-10(19)18-11-3-2-4-13(7-11)22-6-5-16-15(21)14-8-12(20)9-17-14/h2-4,7,12,14,17,20H,5-6,8-9H2,1H3,(H,16,21)(H,18,19).